The minimum atomic E-state index is -4.55. The quantitative estimate of drug-likeness (QED) is 0.169. The van der Waals surface area contributed by atoms with Gasteiger partial charge in [0.05, 0.1) is 23.6 Å². The van der Waals surface area contributed by atoms with E-state index in [0.29, 0.717) is 36.6 Å². The lowest BCUT2D eigenvalue weighted by Gasteiger charge is -2.31. The number of halogens is 4. The molecule has 0 heterocycles. The van der Waals surface area contributed by atoms with Crippen molar-refractivity contribution < 1.29 is 27.8 Å². The molecule has 4 nitrogen and oxygen atoms in total. The molecule has 0 saturated carbocycles. The molecule has 0 spiro atoms. The van der Waals surface area contributed by atoms with Crippen molar-refractivity contribution in [2.24, 2.45) is 5.92 Å². The summed E-state index contributed by atoms with van der Waals surface area (Å²) >= 11 is 6.32. The minimum Gasteiger partial charge on any atom is -0.493 e. The fourth-order valence-electron chi connectivity index (χ4n) is 5.05. The Morgan fingerprint density at radius 1 is 0.881 bits per heavy atom. The first-order valence-corrected chi connectivity index (χ1v) is 14.1. The van der Waals surface area contributed by atoms with Crippen LogP contribution in [0.5, 0.6) is 5.75 Å². The molecular weight excluding hydrogens is 563 g/mol. The van der Waals surface area contributed by atoms with Gasteiger partial charge in [0, 0.05) is 31.5 Å². The lowest BCUT2D eigenvalue weighted by molar-refractivity contribution is -0.138. The summed E-state index contributed by atoms with van der Waals surface area (Å²) in [5.74, 6) is -0.391. The van der Waals surface area contributed by atoms with E-state index in [1.54, 1.807) is 30.3 Å². The SMILES string of the molecule is C[C@H](COc1cccc(CC(=O)O)c1)CN(Cc1cccc(C(F)(F)F)c1Cl)CC(c1ccccc1)c1ccccc1. The van der Waals surface area contributed by atoms with Crippen molar-refractivity contribution in [3.05, 3.63) is 136 Å². The number of nitrogens with zero attached hydrogens (tertiary/aromatic N) is 1. The molecule has 1 N–H and O–H groups in total. The van der Waals surface area contributed by atoms with E-state index in [2.05, 4.69) is 29.2 Å². The van der Waals surface area contributed by atoms with Gasteiger partial charge in [-0.2, -0.15) is 13.2 Å². The summed E-state index contributed by atoms with van der Waals surface area (Å²) in [5, 5.41) is 8.81. The maximum absolute atomic E-state index is 13.6. The van der Waals surface area contributed by atoms with Gasteiger partial charge in [0.15, 0.2) is 0 Å². The molecule has 0 aliphatic carbocycles. The van der Waals surface area contributed by atoms with Gasteiger partial charge in [0.25, 0.3) is 0 Å². The normalized spacial score (nSPS) is 12.5. The second kappa shape index (κ2) is 14.4. The predicted octanol–water partition coefficient (Wildman–Crippen LogP) is 8.34. The van der Waals surface area contributed by atoms with Gasteiger partial charge in [-0.05, 0) is 40.5 Å². The van der Waals surface area contributed by atoms with Crippen LogP contribution in [0.3, 0.4) is 0 Å². The number of carbonyl (C=O) groups is 1. The molecule has 4 aromatic rings. The lowest BCUT2D eigenvalue weighted by Crippen LogP contribution is -2.34. The van der Waals surface area contributed by atoms with Crippen molar-refractivity contribution in [3.8, 4) is 5.75 Å². The van der Waals surface area contributed by atoms with Crippen molar-refractivity contribution in [2.75, 3.05) is 19.7 Å². The Labute approximate surface area is 249 Å². The van der Waals surface area contributed by atoms with Crippen LogP contribution in [-0.4, -0.2) is 35.7 Å². The Hall–Kier alpha value is -3.81. The fourth-order valence-corrected chi connectivity index (χ4v) is 5.34. The molecule has 220 valence electrons. The summed E-state index contributed by atoms with van der Waals surface area (Å²) in [6, 6.07) is 31.1. The van der Waals surface area contributed by atoms with Crippen molar-refractivity contribution in [1.29, 1.82) is 0 Å². The maximum Gasteiger partial charge on any atom is 0.417 e. The van der Waals surface area contributed by atoms with Crippen LogP contribution < -0.4 is 4.74 Å². The summed E-state index contributed by atoms with van der Waals surface area (Å²) in [6.45, 7) is 3.64. The number of hydrogen-bond acceptors (Lipinski definition) is 3. The van der Waals surface area contributed by atoms with Crippen molar-refractivity contribution in [1.82, 2.24) is 4.90 Å². The van der Waals surface area contributed by atoms with Crippen molar-refractivity contribution >= 4 is 17.6 Å². The van der Waals surface area contributed by atoms with Crippen LogP contribution in [0.25, 0.3) is 0 Å². The molecule has 42 heavy (non-hydrogen) atoms. The van der Waals surface area contributed by atoms with Crippen LogP contribution in [0.15, 0.2) is 103 Å². The van der Waals surface area contributed by atoms with Crippen LogP contribution in [0.1, 0.15) is 40.7 Å². The molecule has 0 aliphatic rings. The summed E-state index contributed by atoms with van der Waals surface area (Å²) < 4.78 is 46.9. The zero-order valence-corrected chi connectivity index (χ0v) is 24.0. The molecule has 8 heteroatoms. The lowest BCUT2D eigenvalue weighted by atomic mass is 9.90. The van der Waals surface area contributed by atoms with E-state index in [4.69, 9.17) is 21.4 Å². The van der Waals surface area contributed by atoms with Gasteiger partial charge < -0.3 is 9.84 Å². The van der Waals surface area contributed by atoms with Gasteiger partial charge >= 0.3 is 12.1 Å². The van der Waals surface area contributed by atoms with E-state index in [-0.39, 0.29) is 29.8 Å². The zero-order valence-electron chi connectivity index (χ0n) is 23.2. The first-order chi connectivity index (χ1) is 20.1. The third-order valence-corrected chi connectivity index (χ3v) is 7.43. The molecule has 0 unspecified atom stereocenters. The summed E-state index contributed by atoms with van der Waals surface area (Å²) in [5.41, 5.74) is 2.40. The largest absolute Gasteiger partial charge is 0.493 e. The van der Waals surface area contributed by atoms with Gasteiger partial charge in [-0.15, -0.1) is 0 Å². The highest BCUT2D eigenvalue weighted by Gasteiger charge is 2.34. The number of ether oxygens (including phenoxy) is 1. The molecule has 0 saturated heterocycles. The molecule has 0 fully saturated rings. The highest BCUT2D eigenvalue weighted by molar-refractivity contribution is 6.32. The molecular formula is C34H33ClF3NO3. The van der Waals surface area contributed by atoms with Gasteiger partial charge in [0.2, 0.25) is 0 Å². The van der Waals surface area contributed by atoms with Crippen molar-refractivity contribution in [3.63, 3.8) is 0 Å². The number of hydrogen-bond donors (Lipinski definition) is 1. The monoisotopic (exact) mass is 595 g/mol. The van der Waals surface area contributed by atoms with E-state index in [1.165, 1.54) is 6.07 Å². The second-order valence-corrected chi connectivity index (χ2v) is 10.9. The molecule has 0 radical (unpaired) electrons. The molecule has 0 bridgehead atoms. The zero-order chi connectivity index (χ0) is 30.1. The average Bonchev–Trinajstić information content (AvgIpc) is 2.96. The van der Waals surface area contributed by atoms with Gasteiger partial charge in [0.1, 0.15) is 5.75 Å². The third kappa shape index (κ3) is 8.84. The summed E-state index contributed by atoms with van der Waals surface area (Å²) in [7, 11) is 0. The highest BCUT2D eigenvalue weighted by atomic mass is 35.5. The number of aliphatic carboxylic acids is 1. The first-order valence-electron chi connectivity index (χ1n) is 13.7. The van der Waals surface area contributed by atoms with Gasteiger partial charge in [-0.25, -0.2) is 0 Å². The van der Waals surface area contributed by atoms with Crippen LogP contribution in [0, 0.1) is 5.92 Å². The second-order valence-electron chi connectivity index (χ2n) is 10.5. The van der Waals surface area contributed by atoms with Crippen LogP contribution in [0.2, 0.25) is 5.02 Å². The summed E-state index contributed by atoms with van der Waals surface area (Å²) in [6.07, 6.45) is -4.65. The molecule has 0 aliphatic heterocycles. The molecule has 4 rings (SSSR count). The summed E-state index contributed by atoms with van der Waals surface area (Å²) in [4.78, 5) is 13.2. The number of rotatable bonds is 13. The van der Waals surface area contributed by atoms with E-state index in [1.807, 2.05) is 43.3 Å². The van der Waals surface area contributed by atoms with E-state index >= 15 is 0 Å². The molecule has 4 aromatic carbocycles. The Bertz CT molecular complexity index is 1410. The topological polar surface area (TPSA) is 49.8 Å². The Morgan fingerprint density at radius 3 is 2.10 bits per heavy atom. The minimum absolute atomic E-state index is 0.00935. The van der Waals surface area contributed by atoms with Crippen molar-refractivity contribution in [2.45, 2.75) is 32.0 Å². The van der Waals surface area contributed by atoms with Gasteiger partial charge in [-0.1, -0.05) is 103 Å². The predicted molar refractivity (Wildman–Crippen MR) is 159 cm³/mol. The van der Waals surface area contributed by atoms with E-state index < -0.39 is 17.7 Å². The van der Waals surface area contributed by atoms with Crippen LogP contribution in [0.4, 0.5) is 13.2 Å². The molecule has 0 aromatic heterocycles. The molecule has 0 amide bonds. The highest BCUT2D eigenvalue weighted by Crippen LogP contribution is 2.37. The third-order valence-electron chi connectivity index (χ3n) is 6.98. The van der Waals surface area contributed by atoms with Crippen LogP contribution >= 0.6 is 11.6 Å². The first kappa shape index (κ1) is 31.1. The maximum atomic E-state index is 13.6. The average molecular weight is 596 g/mol. The Morgan fingerprint density at radius 2 is 1.50 bits per heavy atom. The standard InChI is InChI=1S/C34H33ClF3NO3/c1-24(23-42-29-16-8-10-25(18-29)19-32(40)41)20-39(21-28-15-9-17-31(33(28)35)34(36,37)38)22-30(26-11-4-2-5-12-26)27-13-6-3-7-14-27/h2-18,24,30H,19-23H2,1H3,(H,40,41)/t24-/m0/s1. The van der Waals surface area contributed by atoms with Crippen LogP contribution in [-0.2, 0) is 23.9 Å². The fraction of sp³-hybridized carbons (Fsp3) is 0.265. The smallest absolute Gasteiger partial charge is 0.417 e. The number of carboxylic acid groups (broad SMARTS) is 1. The Balaban J connectivity index is 1.58. The number of alkyl halides is 3. The number of benzene rings is 4. The Kier molecular flexibility index (Phi) is 10.7. The molecule has 1 atom stereocenters. The number of carboxylic acids is 1. The van der Waals surface area contributed by atoms with E-state index in [9.17, 15) is 18.0 Å². The van der Waals surface area contributed by atoms with E-state index in [0.717, 1.165) is 17.2 Å². The van der Waals surface area contributed by atoms with Gasteiger partial charge in [-0.3, -0.25) is 9.69 Å².